The Morgan fingerprint density at radius 1 is 1.45 bits per heavy atom. The number of nitrogens with two attached hydrogens (primary N) is 1. The van der Waals surface area contributed by atoms with E-state index in [2.05, 4.69) is 18.1 Å². The van der Waals surface area contributed by atoms with Gasteiger partial charge in [-0.15, -0.1) is 0 Å². The number of rotatable bonds is 4. The molecular formula is C15H17ClN4. The summed E-state index contributed by atoms with van der Waals surface area (Å²) in [6.07, 6.45) is 1.42. The van der Waals surface area contributed by atoms with E-state index in [9.17, 15) is 5.26 Å². The molecule has 0 unspecified atom stereocenters. The van der Waals surface area contributed by atoms with Crippen molar-refractivity contribution in [3.05, 3.63) is 46.1 Å². The summed E-state index contributed by atoms with van der Waals surface area (Å²) in [7, 11) is 0. The fourth-order valence-electron chi connectivity index (χ4n) is 2.07. The number of nitriles is 1. The van der Waals surface area contributed by atoms with Gasteiger partial charge in [-0.25, -0.2) is 4.68 Å². The van der Waals surface area contributed by atoms with E-state index in [1.165, 1.54) is 0 Å². The zero-order chi connectivity index (χ0) is 14.7. The number of aromatic nitrogens is 2. The van der Waals surface area contributed by atoms with Crippen LogP contribution in [0.2, 0.25) is 5.02 Å². The van der Waals surface area contributed by atoms with Crippen molar-refractivity contribution in [3.63, 3.8) is 0 Å². The zero-order valence-corrected chi connectivity index (χ0v) is 12.4. The monoisotopic (exact) mass is 288 g/mol. The minimum absolute atomic E-state index is 0.169. The molecule has 2 N–H and O–H groups in total. The second-order valence-corrected chi connectivity index (χ2v) is 5.20. The highest BCUT2D eigenvalue weighted by atomic mass is 35.5. The summed E-state index contributed by atoms with van der Waals surface area (Å²) in [4.78, 5) is 0. The Balaban J connectivity index is 2.43. The number of hydrogen-bond acceptors (Lipinski definition) is 3. The van der Waals surface area contributed by atoms with Crippen molar-refractivity contribution >= 4 is 17.4 Å². The summed E-state index contributed by atoms with van der Waals surface area (Å²) < 4.78 is 1.73. The number of nitrogen functional groups attached to an aromatic ring is 1. The Labute approximate surface area is 123 Å². The van der Waals surface area contributed by atoms with Crippen LogP contribution in [-0.2, 0) is 6.42 Å². The average Bonchev–Trinajstić information content (AvgIpc) is 2.76. The van der Waals surface area contributed by atoms with E-state index in [4.69, 9.17) is 17.3 Å². The quantitative estimate of drug-likeness (QED) is 0.935. The van der Waals surface area contributed by atoms with Crippen LogP contribution < -0.4 is 5.73 Å². The normalized spacial score (nSPS) is 12.1. The van der Waals surface area contributed by atoms with E-state index in [1.807, 2.05) is 31.2 Å². The van der Waals surface area contributed by atoms with Crippen LogP contribution in [0.5, 0.6) is 0 Å². The molecule has 2 aromatic rings. The summed E-state index contributed by atoms with van der Waals surface area (Å²) in [6.45, 7) is 4.09. The number of halogens is 1. The van der Waals surface area contributed by atoms with Gasteiger partial charge in [-0.3, -0.25) is 0 Å². The standard InChI is InChI=1S/C15H17ClN4/c1-3-10(2)20-15(18)12(9-17)14(19-20)8-11-6-4-5-7-13(11)16/h4-7,10H,3,8,18H2,1-2H3/t10-/m0/s1. The highest BCUT2D eigenvalue weighted by Gasteiger charge is 2.18. The largest absolute Gasteiger partial charge is 0.383 e. The van der Waals surface area contributed by atoms with Crippen molar-refractivity contribution in [2.75, 3.05) is 5.73 Å². The molecule has 0 aliphatic rings. The Morgan fingerprint density at radius 2 is 2.15 bits per heavy atom. The molecule has 0 bridgehead atoms. The Morgan fingerprint density at radius 3 is 2.75 bits per heavy atom. The summed E-state index contributed by atoms with van der Waals surface area (Å²) in [6, 6.07) is 9.88. The van der Waals surface area contributed by atoms with Gasteiger partial charge in [0.05, 0.1) is 11.7 Å². The number of benzene rings is 1. The highest BCUT2D eigenvalue weighted by Crippen LogP contribution is 2.25. The lowest BCUT2D eigenvalue weighted by Crippen LogP contribution is -2.09. The second kappa shape index (κ2) is 5.98. The van der Waals surface area contributed by atoms with E-state index in [0.717, 1.165) is 12.0 Å². The smallest absolute Gasteiger partial charge is 0.140 e. The van der Waals surface area contributed by atoms with Gasteiger partial charge in [0, 0.05) is 11.4 Å². The van der Waals surface area contributed by atoms with Crippen LogP contribution in [0.1, 0.15) is 43.1 Å². The van der Waals surface area contributed by atoms with Gasteiger partial charge in [-0.2, -0.15) is 10.4 Å². The number of anilines is 1. The van der Waals surface area contributed by atoms with Gasteiger partial charge in [0.2, 0.25) is 0 Å². The van der Waals surface area contributed by atoms with Crippen molar-refractivity contribution in [1.82, 2.24) is 9.78 Å². The van der Waals surface area contributed by atoms with Crippen LogP contribution in [0, 0.1) is 11.3 Å². The van der Waals surface area contributed by atoms with Crippen molar-refractivity contribution in [3.8, 4) is 6.07 Å². The van der Waals surface area contributed by atoms with Gasteiger partial charge >= 0.3 is 0 Å². The van der Waals surface area contributed by atoms with Crippen molar-refractivity contribution in [2.24, 2.45) is 0 Å². The molecule has 1 heterocycles. The first-order valence-electron chi connectivity index (χ1n) is 6.58. The molecule has 0 spiro atoms. The van der Waals surface area contributed by atoms with Gasteiger partial charge in [0.25, 0.3) is 0 Å². The third kappa shape index (κ3) is 2.63. The summed E-state index contributed by atoms with van der Waals surface area (Å²) >= 11 is 6.16. The third-order valence-electron chi connectivity index (χ3n) is 3.46. The Kier molecular flexibility index (Phi) is 4.31. The highest BCUT2D eigenvalue weighted by molar-refractivity contribution is 6.31. The molecule has 1 atom stereocenters. The maximum atomic E-state index is 9.30. The van der Waals surface area contributed by atoms with E-state index in [1.54, 1.807) is 4.68 Å². The van der Waals surface area contributed by atoms with Gasteiger partial charge in [0.1, 0.15) is 17.5 Å². The topological polar surface area (TPSA) is 67.6 Å². The zero-order valence-electron chi connectivity index (χ0n) is 11.6. The predicted molar refractivity (Wildman–Crippen MR) is 80.6 cm³/mol. The maximum absolute atomic E-state index is 9.30. The fourth-order valence-corrected chi connectivity index (χ4v) is 2.28. The third-order valence-corrected chi connectivity index (χ3v) is 3.82. The van der Waals surface area contributed by atoms with E-state index >= 15 is 0 Å². The molecule has 20 heavy (non-hydrogen) atoms. The molecule has 0 aliphatic heterocycles. The fraction of sp³-hybridized carbons (Fsp3) is 0.333. The number of hydrogen-bond donors (Lipinski definition) is 1. The van der Waals surface area contributed by atoms with E-state index in [-0.39, 0.29) is 6.04 Å². The molecule has 0 saturated carbocycles. The van der Waals surface area contributed by atoms with Gasteiger partial charge < -0.3 is 5.73 Å². The Bertz CT molecular complexity index is 654. The minimum atomic E-state index is 0.169. The van der Waals surface area contributed by atoms with E-state index < -0.39 is 0 Å². The van der Waals surface area contributed by atoms with Crippen molar-refractivity contribution in [1.29, 1.82) is 5.26 Å². The molecule has 0 radical (unpaired) electrons. The molecule has 2 rings (SSSR count). The molecule has 1 aromatic carbocycles. The van der Waals surface area contributed by atoms with Crippen LogP contribution in [0.15, 0.2) is 24.3 Å². The van der Waals surface area contributed by atoms with Crippen molar-refractivity contribution in [2.45, 2.75) is 32.7 Å². The van der Waals surface area contributed by atoms with Gasteiger partial charge in [-0.05, 0) is 25.0 Å². The van der Waals surface area contributed by atoms with Crippen molar-refractivity contribution < 1.29 is 0 Å². The maximum Gasteiger partial charge on any atom is 0.140 e. The summed E-state index contributed by atoms with van der Waals surface area (Å²) in [5.74, 6) is 0.434. The molecule has 1 aromatic heterocycles. The van der Waals surface area contributed by atoms with Crippen LogP contribution >= 0.6 is 11.6 Å². The first-order chi connectivity index (χ1) is 9.58. The lowest BCUT2D eigenvalue weighted by Gasteiger charge is -2.10. The SMILES string of the molecule is CC[C@H](C)n1nc(Cc2ccccc2Cl)c(C#N)c1N. The van der Waals surface area contributed by atoms with Crippen LogP contribution in [0.3, 0.4) is 0 Å². The molecule has 5 heteroatoms. The lowest BCUT2D eigenvalue weighted by atomic mass is 10.1. The molecule has 0 saturated heterocycles. The number of nitrogens with zero attached hydrogens (tertiary/aromatic N) is 3. The molecule has 0 amide bonds. The lowest BCUT2D eigenvalue weighted by molar-refractivity contribution is 0.481. The molecule has 104 valence electrons. The molecule has 0 aliphatic carbocycles. The summed E-state index contributed by atoms with van der Waals surface area (Å²) in [5, 5.41) is 14.5. The van der Waals surface area contributed by atoms with E-state index in [0.29, 0.717) is 28.5 Å². The Hall–Kier alpha value is -1.99. The second-order valence-electron chi connectivity index (χ2n) is 4.79. The van der Waals surface area contributed by atoms with Gasteiger partial charge in [0.15, 0.2) is 0 Å². The van der Waals surface area contributed by atoms with Crippen LogP contribution in [0.25, 0.3) is 0 Å². The van der Waals surface area contributed by atoms with Crippen LogP contribution in [0.4, 0.5) is 5.82 Å². The van der Waals surface area contributed by atoms with Gasteiger partial charge in [-0.1, -0.05) is 36.7 Å². The molecule has 0 fully saturated rings. The summed E-state index contributed by atoms with van der Waals surface area (Å²) in [5.41, 5.74) is 8.10. The predicted octanol–water partition coefficient (Wildman–Crippen LogP) is 3.55. The first kappa shape index (κ1) is 14.4. The molecule has 4 nitrogen and oxygen atoms in total. The first-order valence-corrected chi connectivity index (χ1v) is 6.96. The van der Waals surface area contributed by atoms with Crippen LogP contribution in [-0.4, -0.2) is 9.78 Å². The molecular weight excluding hydrogens is 272 g/mol. The minimum Gasteiger partial charge on any atom is -0.383 e. The average molecular weight is 289 g/mol.